The summed E-state index contributed by atoms with van der Waals surface area (Å²) in [6.07, 6.45) is 10.5. The second kappa shape index (κ2) is 8.98. The van der Waals surface area contributed by atoms with Crippen LogP contribution in [0.1, 0.15) is 64.0 Å². The van der Waals surface area contributed by atoms with Crippen molar-refractivity contribution in [1.29, 1.82) is 0 Å². The Hall–Kier alpha value is -1.16. The van der Waals surface area contributed by atoms with Crippen molar-refractivity contribution in [3.63, 3.8) is 0 Å². The summed E-state index contributed by atoms with van der Waals surface area (Å²) in [6.45, 7) is 4.98. The Balaban J connectivity index is 1.62. The van der Waals surface area contributed by atoms with E-state index in [2.05, 4.69) is 16.9 Å². The van der Waals surface area contributed by atoms with Crippen molar-refractivity contribution in [2.75, 3.05) is 6.61 Å². The van der Waals surface area contributed by atoms with Gasteiger partial charge in [-0.05, 0) is 13.3 Å². The van der Waals surface area contributed by atoms with Crippen molar-refractivity contribution in [2.24, 2.45) is 0 Å². The van der Waals surface area contributed by atoms with E-state index in [1.807, 2.05) is 17.7 Å². The number of ether oxygens (including phenoxy) is 1. The van der Waals surface area contributed by atoms with Crippen molar-refractivity contribution >= 4 is 22.4 Å². The molecule has 116 valence electrons. The molecule has 0 bridgehead atoms. The van der Waals surface area contributed by atoms with Crippen molar-refractivity contribution in [1.82, 2.24) is 9.97 Å². The van der Waals surface area contributed by atoms with E-state index in [0.717, 1.165) is 29.8 Å². The Bertz CT molecular complexity index is 539. The van der Waals surface area contributed by atoms with Gasteiger partial charge in [0.2, 0.25) is 5.88 Å². The summed E-state index contributed by atoms with van der Waals surface area (Å²) in [5.41, 5.74) is 2.80. The number of thiophene rings is 1. The molecule has 0 aliphatic carbocycles. The normalized spacial score (nSPS) is 11.1. The van der Waals surface area contributed by atoms with Gasteiger partial charge in [0.05, 0.1) is 12.1 Å². The molecule has 2 rings (SSSR count). The number of aryl methyl sites for hydroxylation is 1. The summed E-state index contributed by atoms with van der Waals surface area (Å²) in [5, 5.41) is 4.04. The van der Waals surface area contributed by atoms with E-state index in [1.165, 1.54) is 44.9 Å². The standard InChI is InChI=1S/C17H26N2OS/c1-3-4-5-6-7-8-9-10-11-20-17-14(2)18-15-12-21-13-16(15)19-17/h12-13H,3-11H2,1-2H3. The Morgan fingerprint density at radius 3 is 2.24 bits per heavy atom. The number of fused-ring (bicyclic) bond motifs is 1. The minimum absolute atomic E-state index is 0.698. The topological polar surface area (TPSA) is 35.0 Å². The molecule has 2 heterocycles. The van der Waals surface area contributed by atoms with Gasteiger partial charge in [0.1, 0.15) is 11.2 Å². The van der Waals surface area contributed by atoms with Crippen LogP contribution in [0.15, 0.2) is 10.8 Å². The highest BCUT2D eigenvalue weighted by atomic mass is 32.1. The molecule has 2 aromatic rings. The molecular formula is C17H26N2OS. The number of unbranched alkanes of at least 4 members (excludes halogenated alkanes) is 7. The molecule has 0 fully saturated rings. The number of nitrogens with zero attached hydrogens (tertiary/aromatic N) is 2. The Morgan fingerprint density at radius 2 is 1.52 bits per heavy atom. The van der Waals surface area contributed by atoms with Gasteiger partial charge >= 0.3 is 0 Å². The molecule has 0 spiro atoms. The number of rotatable bonds is 10. The van der Waals surface area contributed by atoms with E-state index in [-0.39, 0.29) is 0 Å². The third-order valence-corrected chi connectivity index (χ3v) is 4.40. The Labute approximate surface area is 131 Å². The first-order chi connectivity index (χ1) is 10.3. The molecular weight excluding hydrogens is 280 g/mol. The fourth-order valence-corrected chi connectivity index (χ4v) is 3.08. The Morgan fingerprint density at radius 1 is 0.905 bits per heavy atom. The first-order valence-electron chi connectivity index (χ1n) is 8.14. The lowest BCUT2D eigenvalue weighted by atomic mass is 10.1. The van der Waals surface area contributed by atoms with Gasteiger partial charge in [-0.1, -0.05) is 51.9 Å². The molecule has 0 amide bonds. The van der Waals surface area contributed by atoms with Gasteiger partial charge in [-0.25, -0.2) is 9.97 Å². The molecule has 0 aromatic carbocycles. The van der Waals surface area contributed by atoms with Crippen molar-refractivity contribution < 1.29 is 4.74 Å². The maximum absolute atomic E-state index is 5.79. The predicted octanol–water partition coefficient (Wildman–Crippen LogP) is 5.52. The minimum atomic E-state index is 0.698. The second-order valence-electron chi connectivity index (χ2n) is 5.58. The fourth-order valence-electron chi connectivity index (χ4n) is 2.41. The molecule has 0 unspecified atom stereocenters. The lowest BCUT2D eigenvalue weighted by Gasteiger charge is -2.07. The van der Waals surface area contributed by atoms with Crippen molar-refractivity contribution in [3.05, 3.63) is 16.5 Å². The number of hydrogen-bond donors (Lipinski definition) is 0. The zero-order chi connectivity index (χ0) is 14.9. The molecule has 0 aliphatic rings. The van der Waals surface area contributed by atoms with Crippen LogP contribution in [-0.2, 0) is 0 Å². The zero-order valence-corrected chi connectivity index (χ0v) is 14.0. The molecule has 0 aliphatic heterocycles. The van der Waals surface area contributed by atoms with Gasteiger partial charge in [-0.2, -0.15) is 0 Å². The highest BCUT2D eigenvalue weighted by Gasteiger charge is 2.06. The van der Waals surface area contributed by atoms with Gasteiger partial charge in [0, 0.05) is 10.8 Å². The van der Waals surface area contributed by atoms with Crippen LogP contribution in [-0.4, -0.2) is 16.6 Å². The van der Waals surface area contributed by atoms with Crippen molar-refractivity contribution in [3.8, 4) is 5.88 Å². The molecule has 0 atom stereocenters. The monoisotopic (exact) mass is 306 g/mol. The van der Waals surface area contributed by atoms with E-state index in [1.54, 1.807) is 11.3 Å². The van der Waals surface area contributed by atoms with Gasteiger partial charge in [-0.3, -0.25) is 0 Å². The van der Waals surface area contributed by atoms with Crippen LogP contribution in [0.3, 0.4) is 0 Å². The highest BCUT2D eigenvalue weighted by Crippen LogP contribution is 2.21. The smallest absolute Gasteiger partial charge is 0.235 e. The van der Waals surface area contributed by atoms with Crippen molar-refractivity contribution in [2.45, 2.75) is 65.2 Å². The minimum Gasteiger partial charge on any atom is -0.476 e. The molecule has 21 heavy (non-hydrogen) atoms. The zero-order valence-electron chi connectivity index (χ0n) is 13.2. The largest absolute Gasteiger partial charge is 0.476 e. The van der Waals surface area contributed by atoms with E-state index >= 15 is 0 Å². The third kappa shape index (κ3) is 5.27. The maximum Gasteiger partial charge on any atom is 0.235 e. The lowest BCUT2D eigenvalue weighted by molar-refractivity contribution is 0.291. The summed E-state index contributed by atoms with van der Waals surface area (Å²) in [7, 11) is 0. The maximum atomic E-state index is 5.79. The first kappa shape index (κ1) is 16.2. The van der Waals surface area contributed by atoms with Crippen LogP contribution < -0.4 is 4.74 Å². The molecule has 0 saturated carbocycles. The lowest BCUT2D eigenvalue weighted by Crippen LogP contribution is -2.02. The molecule has 0 N–H and O–H groups in total. The average molecular weight is 306 g/mol. The highest BCUT2D eigenvalue weighted by molar-refractivity contribution is 7.09. The van der Waals surface area contributed by atoms with Crippen LogP contribution in [0.4, 0.5) is 0 Å². The van der Waals surface area contributed by atoms with Crippen LogP contribution in [0.5, 0.6) is 5.88 Å². The molecule has 0 radical (unpaired) electrons. The van der Waals surface area contributed by atoms with E-state index in [9.17, 15) is 0 Å². The van der Waals surface area contributed by atoms with E-state index < -0.39 is 0 Å². The first-order valence-corrected chi connectivity index (χ1v) is 9.09. The molecule has 3 nitrogen and oxygen atoms in total. The van der Waals surface area contributed by atoms with Crippen LogP contribution in [0, 0.1) is 6.92 Å². The molecule has 0 saturated heterocycles. The summed E-state index contributed by atoms with van der Waals surface area (Å²) in [4.78, 5) is 9.04. The molecule has 2 aromatic heterocycles. The Kier molecular flexibility index (Phi) is 6.93. The van der Waals surface area contributed by atoms with Gasteiger partial charge < -0.3 is 4.74 Å². The molecule has 4 heteroatoms. The van der Waals surface area contributed by atoms with Crippen LogP contribution in [0.2, 0.25) is 0 Å². The van der Waals surface area contributed by atoms with Gasteiger partial charge in [0.25, 0.3) is 0 Å². The predicted molar refractivity (Wildman–Crippen MR) is 90.3 cm³/mol. The summed E-state index contributed by atoms with van der Waals surface area (Å²) in [5.74, 6) is 0.698. The van der Waals surface area contributed by atoms with Crippen LogP contribution in [0.25, 0.3) is 11.0 Å². The van der Waals surface area contributed by atoms with Gasteiger partial charge in [-0.15, -0.1) is 11.3 Å². The summed E-state index contributed by atoms with van der Waals surface area (Å²) in [6, 6.07) is 0. The van der Waals surface area contributed by atoms with Gasteiger partial charge in [0.15, 0.2) is 0 Å². The third-order valence-electron chi connectivity index (χ3n) is 3.68. The second-order valence-corrected chi connectivity index (χ2v) is 6.32. The average Bonchev–Trinajstić information content (AvgIpc) is 2.92. The van der Waals surface area contributed by atoms with E-state index in [0.29, 0.717) is 5.88 Å². The quantitative estimate of drug-likeness (QED) is 0.542. The summed E-state index contributed by atoms with van der Waals surface area (Å²) >= 11 is 1.63. The van der Waals surface area contributed by atoms with E-state index in [4.69, 9.17) is 4.74 Å². The SMILES string of the molecule is CCCCCCCCCCOc1nc2cscc2nc1C. The van der Waals surface area contributed by atoms with Crippen LogP contribution >= 0.6 is 11.3 Å². The number of hydrogen-bond acceptors (Lipinski definition) is 4. The number of aromatic nitrogens is 2. The fraction of sp³-hybridized carbons (Fsp3) is 0.647. The summed E-state index contributed by atoms with van der Waals surface area (Å²) < 4.78 is 5.79.